The molecule has 192 valence electrons. The van der Waals surface area contributed by atoms with Crippen LogP contribution in [0.5, 0.6) is 11.5 Å². The number of furan rings is 1. The van der Waals surface area contributed by atoms with Gasteiger partial charge in [0.1, 0.15) is 23.9 Å². The number of aromatic nitrogens is 1. The monoisotopic (exact) mass is 563 g/mol. The van der Waals surface area contributed by atoms with E-state index in [4.69, 9.17) is 13.9 Å². The summed E-state index contributed by atoms with van der Waals surface area (Å²) in [5, 5.41) is 4.03. The minimum Gasteiger partial charge on any atom is -0.490 e. The summed E-state index contributed by atoms with van der Waals surface area (Å²) in [6.07, 6.45) is 2.61. The van der Waals surface area contributed by atoms with Crippen molar-refractivity contribution in [2.75, 3.05) is 0 Å². The first-order valence-electron chi connectivity index (χ1n) is 12.1. The van der Waals surface area contributed by atoms with E-state index in [1.165, 1.54) is 11.4 Å². The molecule has 0 bridgehead atoms. The van der Waals surface area contributed by atoms with E-state index in [0.717, 1.165) is 27.9 Å². The Hall–Kier alpha value is -3.78. The number of hydrogen-bond donors (Lipinski definition) is 1. The van der Waals surface area contributed by atoms with E-state index in [9.17, 15) is 4.79 Å². The van der Waals surface area contributed by atoms with Gasteiger partial charge in [-0.25, -0.2) is 5.43 Å². The fraction of sp³-hybridized carbons (Fsp3) is 0.241. The molecule has 2 aromatic heterocycles. The Bertz CT molecular complexity index is 1370. The second-order valence-corrected chi connectivity index (χ2v) is 9.58. The molecular weight excluding hydrogens is 534 g/mol. The van der Waals surface area contributed by atoms with Gasteiger partial charge in [0.05, 0.1) is 16.8 Å². The highest BCUT2D eigenvalue weighted by Gasteiger charge is 2.12. The minimum atomic E-state index is -0.444. The first-order chi connectivity index (χ1) is 17.8. The standard InChI is InChI=1S/C29H30BrN3O4/c1-5-21(4)36-27-14-8-22(16-26(27)30)17-31-32-29(34)28-15-13-25(37-28)18-35-24-11-9-23(10-12-24)33-19(2)6-7-20(33)3/h6-17,21H,5,18H2,1-4H3,(H,32,34)/b31-17+/t21-/m0/s1. The first-order valence-corrected chi connectivity index (χ1v) is 12.9. The summed E-state index contributed by atoms with van der Waals surface area (Å²) in [6, 6.07) is 21.0. The van der Waals surface area contributed by atoms with Gasteiger partial charge in [-0.05, 0) is 115 Å². The van der Waals surface area contributed by atoms with Crippen molar-refractivity contribution < 1.29 is 18.7 Å². The third-order valence-electron chi connectivity index (χ3n) is 5.87. The highest BCUT2D eigenvalue weighted by Crippen LogP contribution is 2.27. The number of nitrogens with one attached hydrogen (secondary N) is 1. The summed E-state index contributed by atoms with van der Waals surface area (Å²) in [4.78, 5) is 12.4. The van der Waals surface area contributed by atoms with Crippen molar-refractivity contribution in [2.24, 2.45) is 5.10 Å². The van der Waals surface area contributed by atoms with Crippen LogP contribution in [0.3, 0.4) is 0 Å². The van der Waals surface area contributed by atoms with E-state index >= 15 is 0 Å². The summed E-state index contributed by atoms with van der Waals surface area (Å²) in [5.41, 5.74) is 6.72. The molecule has 4 rings (SSSR count). The second kappa shape index (κ2) is 12.0. The number of aryl methyl sites for hydroxylation is 2. The molecule has 1 N–H and O–H groups in total. The predicted molar refractivity (Wildman–Crippen MR) is 148 cm³/mol. The Kier molecular flexibility index (Phi) is 8.50. The minimum absolute atomic E-state index is 0.128. The van der Waals surface area contributed by atoms with Crippen molar-refractivity contribution in [3.05, 3.63) is 99.7 Å². The predicted octanol–water partition coefficient (Wildman–Crippen LogP) is 6.97. The van der Waals surface area contributed by atoms with Gasteiger partial charge in [0, 0.05) is 17.1 Å². The van der Waals surface area contributed by atoms with Gasteiger partial charge in [0.15, 0.2) is 5.76 Å². The molecule has 2 aromatic carbocycles. The zero-order chi connectivity index (χ0) is 26.4. The lowest BCUT2D eigenvalue weighted by Crippen LogP contribution is -2.16. The number of carbonyl (C=O) groups is 1. The molecule has 0 radical (unpaired) electrons. The number of hydrogen-bond acceptors (Lipinski definition) is 5. The van der Waals surface area contributed by atoms with Crippen LogP contribution >= 0.6 is 15.9 Å². The molecule has 0 saturated carbocycles. The van der Waals surface area contributed by atoms with Gasteiger partial charge in [-0.15, -0.1) is 0 Å². The van der Waals surface area contributed by atoms with Crippen LogP contribution in [0.2, 0.25) is 0 Å². The van der Waals surface area contributed by atoms with Crippen molar-refractivity contribution in [3.63, 3.8) is 0 Å². The lowest BCUT2D eigenvalue weighted by molar-refractivity contribution is 0.0923. The second-order valence-electron chi connectivity index (χ2n) is 8.73. The molecule has 0 aliphatic carbocycles. The zero-order valence-electron chi connectivity index (χ0n) is 21.3. The molecule has 8 heteroatoms. The first kappa shape index (κ1) is 26.3. The maximum Gasteiger partial charge on any atom is 0.307 e. The van der Waals surface area contributed by atoms with Crippen LogP contribution in [0.25, 0.3) is 5.69 Å². The van der Waals surface area contributed by atoms with Gasteiger partial charge >= 0.3 is 5.91 Å². The molecule has 0 unspecified atom stereocenters. The Morgan fingerprint density at radius 1 is 1.08 bits per heavy atom. The van der Waals surface area contributed by atoms with Crippen LogP contribution in [-0.4, -0.2) is 22.8 Å². The van der Waals surface area contributed by atoms with E-state index < -0.39 is 5.91 Å². The quantitative estimate of drug-likeness (QED) is 0.167. The van der Waals surface area contributed by atoms with Crippen molar-refractivity contribution >= 4 is 28.1 Å². The lowest BCUT2D eigenvalue weighted by Gasteiger charge is -2.14. The van der Waals surface area contributed by atoms with Crippen LogP contribution in [0, 0.1) is 13.8 Å². The Balaban J connectivity index is 1.29. The summed E-state index contributed by atoms with van der Waals surface area (Å²) in [6.45, 7) is 8.45. The topological polar surface area (TPSA) is 78.0 Å². The fourth-order valence-electron chi connectivity index (χ4n) is 3.71. The maximum atomic E-state index is 12.4. The highest BCUT2D eigenvalue weighted by molar-refractivity contribution is 9.10. The molecule has 1 atom stereocenters. The molecule has 0 spiro atoms. The number of ether oxygens (including phenoxy) is 2. The molecule has 1 amide bonds. The van der Waals surface area contributed by atoms with E-state index in [1.807, 2.05) is 49.4 Å². The fourth-order valence-corrected chi connectivity index (χ4v) is 4.20. The van der Waals surface area contributed by atoms with Crippen LogP contribution < -0.4 is 14.9 Å². The molecule has 7 nitrogen and oxygen atoms in total. The molecule has 0 aliphatic heterocycles. The summed E-state index contributed by atoms with van der Waals surface area (Å²) >= 11 is 3.51. The molecule has 0 fully saturated rings. The molecule has 0 saturated heterocycles. The summed E-state index contributed by atoms with van der Waals surface area (Å²) in [7, 11) is 0. The third-order valence-corrected chi connectivity index (χ3v) is 6.49. The van der Waals surface area contributed by atoms with Crippen LogP contribution in [-0.2, 0) is 6.61 Å². The van der Waals surface area contributed by atoms with Gasteiger partial charge in [0.2, 0.25) is 0 Å². The van der Waals surface area contributed by atoms with E-state index in [0.29, 0.717) is 11.5 Å². The highest BCUT2D eigenvalue weighted by atomic mass is 79.9. The molecule has 2 heterocycles. The van der Waals surface area contributed by atoms with Gasteiger partial charge in [0.25, 0.3) is 0 Å². The largest absolute Gasteiger partial charge is 0.490 e. The number of hydrazone groups is 1. The van der Waals surface area contributed by atoms with Gasteiger partial charge in [-0.1, -0.05) is 6.92 Å². The Morgan fingerprint density at radius 3 is 2.49 bits per heavy atom. The number of benzene rings is 2. The van der Waals surface area contributed by atoms with Crippen molar-refractivity contribution in [1.29, 1.82) is 0 Å². The van der Waals surface area contributed by atoms with Gasteiger partial charge in [-0.2, -0.15) is 5.10 Å². The zero-order valence-corrected chi connectivity index (χ0v) is 22.9. The third kappa shape index (κ3) is 6.71. The number of amides is 1. The van der Waals surface area contributed by atoms with Crippen molar-refractivity contribution in [3.8, 4) is 17.2 Å². The smallest absolute Gasteiger partial charge is 0.307 e. The summed E-state index contributed by atoms with van der Waals surface area (Å²) in [5.74, 6) is 1.73. The molecule has 4 aromatic rings. The molecular formula is C29H30BrN3O4. The maximum absolute atomic E-state index is 12.4. The SMILES string of the molecule is CC[C@H](C)Oc1ccc(/C=N/NC(=O)c2ccc(COc3ccc(-n4c(C)ccc4C)cc3)o2)cc1Br. The normalized spacial score (nSPS) is 12.0. The number of carbonyl (C=O) groups excluding carboxylic acids is 1. The molecule has 37 heavy (non-hydrogen) atoms. The van der Waals surface area contributed by atoms with Gasteiger partial charge in [-0.3, -0.25) is 4.79 Å². The number of nitrogens with zero attached hydrogens (tertiary/aromatic N) is 2. The lowest BCUT2D eigenvalue weighted by atomic mass is 10.2. The van der Waals surface area contributed by atoms with E-state index in [-0.39, 0.29) is 18.5 Å². The number of halogens is 1. The Morgan fingerprint density at radius 2 is 1.81 bits per heavy atom. The van der Waals surface area contributed by atoms with Crippen LogP contribution in [0.1, 0.15) is 53.5 Å². The Labute approximate surface area is 225 Å². The van der Waals surface area contributed by atoms with Crippen molar-refractivity contribution in [1.82, 2.24) is 9.99 Å². The summed E-state index contributed by atoms with van der Waals surface area (Å²) < 4.78 is 20.3. The van der Waals surface area contributed by atoms with Crippen molar-refractivity contribution in [2.45, 2.75) is 46.8 Å². The van der Waals surface area contributed by atoms with Crippen LogP contribution in [0.15, 0.2) is 80.7 Å². The van der Waals surface area contributed by atoms with E-state index in [2.05, 4.69) is 63.9 Å². The van der Waals surface area contributed by atoms with Gasteiger partial charge < -0.3 is 18.5 Å². The number of rotatable bonds is 10. The average molecular weight is 564 g/mol. The van der Waals surface area contributed by atoms with Crippen LogP contribution in [0.4, 0.5) is 0 Å². The molecule has 0 aliphatic rings. The average Bonchev–Trinajstić information content (AvgIpc) is 3.50. The van der Waals surface area contributed by atoms with E-state index in [1.54, 1.807) is 18.3 Å².